The van der Waals surface area contributed by atoms with Crippen molar-refractivity contribution in [1.29, 1.82) is 0 Å². The van der Waals surface area contributed by atoms with E-state index in [1.54, 1.807) is 46.8 Å². The van der Waals surface area contributed by atoms with Gasteiger partial charge in [0.05, 0.1) is 43.0 Å². The minimum atomic E-state index is -1.67. The Bertz CT molecular complexity index is 1800. The minimum absolute atomic E-state index is 0.0875. The van der Waals surface area contributed by atoms with Crippen molar-refractivity contribution in [1.82, 2.24) is 0 Å². The van der Waals surface area contributed by atoms with Crippen LogP contribution in [-0.2, 0) is 38.1 Å². The highest BCUT2D eigenvalue weighted by atomic mass is 16.7. The molecule has 344 valence electrons. The molecule has 6 rings (SSSR count). The number of carbonyl (C=O) groups excluding carboxylic acids is 3. The number of aliphatic hydroxyl groups excluding tert-OH is 5. The summed E-state index contributed by atoms with van der Waals surface area (Å²) >= 11 is 0. The molecule has 4 saturated carbocycles. The fourth-order valence-electron chi connectivity index (χ4n) is 13.7. The topological polar surface area (TPSA) is 199 Å². The second kappa shape index (κ2) is 16.7. The van der Waals surface area contributed by atoms with Gasteiger partial charge in [0.2, 0.25) is 0 Å². The summed E-state index contributed by atoms with van der Waals surface area (Å²) in [6.45, 7) is 21.8. The van der Waals surface area contributed by atoms with Gasteiger partial charge < -0.3 is 49.2 Å². The third-order valence-corrected chi connectivity index (χ3v) is 17.8. The van der Waals surface area contributed by atoms with Gasteiger partial charge in [-0.2, -0.15) is 0 Å². The average Bonchev–Trinajstić information content (AvgIpc) is 3.20. The Morgan fingerprint density at radius 1 is 0.820 bits per heavy atom. The van der Waals surface area contributed by atoms with Crippen LogP contribution in [0.2, 0.25) is 0 Å². The quantitative estimate of drug-likeness (QED) is 0.0643. The SMILES string of the molecule is CC=C(C)C(=O)OC1C(C)OC(OC2C(O)C3(CO)C(OC(C)=O)CC4(C)C(=CCC5C6(C)CCC(O)C(C)(CO)C6CCC54C)C3CC2(C)C)C(O)C1OC(=O)C(C)=CC. The van der Waals surface area contributed by atoms with E-state index in [9.17, 15) is 39.9 Å². The van der Waals surface area contributed by atoms with E-state index in [-0.39, 0.29) is 34.8 Å². The average molecular weight is 859 g/mol. The van der Waals surface area contributed by atoms with E-state index >= 15 is 0 Å². The maximum atomic E-state index is 13.2. The molecule has 0 spiro atoms. The first-order valence-corrected chi connectivity index (χ1v) is 22.5. The molecule has 1 heterocycles. The molecule has 17 unspecified atom stereocenters. The van der Waals surface area contributed by atoms with Crippen molar-refractivity contribution in [3.63, 3.8) is 0 Å². The fraction of sp³-hybridized carbons (Fsp3) is 0.812. The molecule has 1 saturated heterocycles. The highest BCUT2D eigenvalue weighted by Crippen LogP contribution is 2.76. The Morgan fingerprint density at radius 2 is 1.43 bits per heavy atom. The van der Waals surface area contributed by atoms with E-state index in [4.69, 9.17) is 23.7 Å². The number of carbonyl (C=O) groups is 3. The van der Waals surface area contributed by atoms with Gasteiger partial charge in [0.25, 0.3) is 0 Å². The first-order chi connectivity index (χ1) is 28.4. The van der Waals surface area contributed by atoms with E-state index in [2.05, 4.69) is 26.8 Å². The number of rotatable bonds is 9. The lowest BCUT2D eigenvalue weighted by Crippen LogP contribution is -2.73. The number of hydrogen-bond acceptors (Lipinski definition) is 13. The molecule has 17 atom stereocenters. The van der Waals surface area contributed by atoms with Crippen LogP contribution < -0.4 is 0 Å². The van der Waals surface area contributed by atoms with Crippen molar-refractivity contribution in [2.45, 2.75) is 183 Å². The number of aliphatic hydroxyl groups is 5. The van der Waals surface area contributed by atoms with Gasteiger partial charge in [-0.1, -0.05) is 65.3 Å². The van der Waals surface area contributed by atoms with E-state index in [1.807, 2.05) is 20.8 Å². The van der Waals surface area contributed by atoms with E-state index < -0.39 is 107 Å². The lowest BCUT2D eigenvalue weighted by molar-refractivity contribution is -0.342. The lowest BCUT2D eigenvalue weighted by Gasteiger charge is -2.72. The second-order valence-electron chi connectivity index (χ2n) is 21.2. The van der Waals surface area contributed by atoms with Crippen LogP contribution in [0.4, 0.5) is 0 Å². The van der Waals surface area contributed by atoms with Gasteiger partial charge >= 0.3 is 17.9 Å². The largest absolute Gasteiger partial charge is 0.462 e. The number of esters is 3. The zero-order valence-corrected chi connectivity index (χ0v) is 38.5. The Labute approximate surface area is 362 Å². The molecule has 61 heavy (non-hydrogen) atoms. The van der Waals surface area contributed by atoms with Crippen LogP contribution in [0.15, 0.2) is 34.9 Å². The van der Waals surface area contributed by atoms with Crippen LogP contribution in [0.25, 0.3) is 0 Å². The lowest BCUT2D eigenvalue weighted by atomic mass is 9.33. The van der Waals surface area contributed by atoms with Gasteiger partial charge in [-0.05, 0) is 119 Å². The predicted octanol–water partition coefficient (Wildman–Crippen LogP) is 5.48. The number of hydrogen-bond donors (Lipinski definition) is 5. The van der Waals surface area contributed by atoms with Gasteiger partial charge in [-0.15, -0.1) is 0 Å². The standard InChI is InChI=1S/C48H74O13/c1-13-25(3)40(55)59-36-27(5)57-42(35(53)37(36)60-41(56)26(4)14-2)61-39-38(54)48(24-50)30(21-43(39,7)8)29-15-16-32-44(9)19-18-33(52)45(10,23-49)31(44)17-20-46(32,11)47(29,12)22-34(48)58-28(6)51/h13-15,27,30-39,42,49-50,52-54H,16-24H2,1-12H3. The van der Waals surface area contributed by atoms with Crippen LogP contribution in [0.1, 0.15) is 128 Å². The molecule has 5 aliphatic carbocycles. The van der Waals surface area contributed by atoms with Gasteiger partial charge in [0, 0.05) is 23.5 Å². The maximum absolute atomic E-state index is 13.2. The van der Waals surface area contributed by atoms with E-state index in [1.165, 1.54) is 6.92 Å². The smallest absolute Gasteiger partial charge is 0.333 e. The van der Waals surface area contributed by atoms with Crippen LogP contribution in [0.3, 0.4) is 0 Å². The predicted molar refractivity (Wildman–Crippen MR) is 225 cm³/mol. The number of fused-ring (bicyclic) bond motifs is 7. The Kier molecular flexibility index (Phi) is 13.1. The molecular formula is C48H74O13. The Hall–Kier alpha value is -2.65. The molecule has 0 bridgehead atoms. The molecule has 13 nitrogen and oxygen atoms in total. The first kappa shape index (κ1) is 47.8. The van der Waals surface area contributed by atoms with Gasteiger partial charge in [0.1, 0.15) is 12.2 Å². The highest BCUT2D eigenvalue weighted by molar-refractivity contribution is 5.88. The Balaban J connectivity index is 1.38. The molecular weight excluding hydrogens is 785 g/mol. The van der Waals surface area contributed by atoms with Crippen LogP contribution in [-0.4, -0.2) is 112 Å². The minimum Gasteiger partial charge on any atom is -0.462 e. The fourth-order valence-corrected chi connectivity index (χ4v) is 13.7. The number of ether oxygens (including phenoxy) is 5. The monoisotopic (exact) mass is 859 g/mol. The van der Waals surface area contributed by atoms with Crippen molar-refractivity contribution >= 4 is 17.9 Å². The van der Waals surface area contributed by atoms with Crippen molar-refractivity contribution < 1.29 is 63.6 Å². The first-order valence-electron chi connectivity index (χ1n) is 22.5. The summed E-state index contributed by atoms with van der Waals surface area (Å²) in [7, 11) is 0. The molecule has 6 aliphatic rings. The van der Waals surface area contributed by atoms with Crippen molar-refractivity contribution in [3.05, 3.63) is 34.9 Å². The van der Waals surface area contributed by atoms with Gasteiger partial charge in [-0.3, -0.25) is 4.79 Å². The van der Waals surface area contributed by atoms with Crippen LogP contribution in [0.5, 0.6) is 0 Å². The summed E-state index contributed by atoms with van der Waals surface area (Å²) in [5.74, 6) is -2.06. The maximum Gasteiger partial charge on any atom is 0.333 e. The molecule has 0 amide bonds. The van der Waals surface area contributed by atoms with Gasteiger partial charge in [0.15, 0.2) is 18.5 Å². The highest BCUT2D eigenvalue weighted by Gasteiger charge is 2.73. The van der Waals surface area contributed by atoms with Crippen molar-refractivity contribution in [3.8, 4) is 0 Å². The van der Waals surface area contributed by atoms with Crippen molar-refractivity contribution in [2.24, 2.45) is 50.2 Å². The second-order valence-corrected chi connectivity index (χ2v) is 21.2. The summed E-state index contributed by atoms with van der Waals surface area (Å²) in [5, 5.41) is 58.5. The summed E-state index contributed by atoms with van der Waals surface area (Å²) < 4.78 is 30.8. The third kappa shape index (κ3) is 7.28. The molecule has 5 N–H and O–H groups in total. The summed E-state index contributed by atoms with van der Waals surface area (Å²) in [6.07, 6.45) is -0.629. The summed E-state index contributed by atoms with van der Waals surface area (Å²) in [6, 6.07) is 0. The van der Waals surface area contributed by atoms with E-state index in [0.717, 1.165) is 31.3 Å². The van der Waals surface area contributed by atoms with Gasteiger partial charge in [-0.25, -0.2) is 9.59 Å². The van der Waals surface area contributed by atoms with Crippen LogP contribution >= 0.6 is 0 Å². The molecule has 5 fully saturated rings. The Morgan fingerprint density at radius 3 is 1.98 bits per heavy atom. The molecule has 0 aromatic rings. The molecule has 13 heteroatoms. The van der Waals surface area contributed by atoms with Crippen molar-refractivity contribution in [2.75, 3.05) is 13.2 Å². The molecule has 0 aromatic heterocycles. The summed E-state index contributed by atoms with van der Waals surface area (Å²) in [5.41, 5.74) is -2.11. The molecule has 0 aromatic carbocycles. The van der Waals surface area contributed by atoms with Crippen LogP contribution in [0, 0.1) is 50.2 Å². The molecule has 1 aliphatic heterocycles. The number of allylic oxidation sites excluding steroid dienone is 4. The molecule has 0 radical (unpaired) electrons. The third-order valence-electron chi connectivity index (χ3n) is 17.8. The zero-order valence-electron chi connectivity index (χ0n) is 38.5. The van der Waals surface area contributed by atoms with E-state index in [0.29, 0.717) is 24.8 Å². The summed E-state index contributed by atoms with van der Waals surface area (Å²) in [4.78, 5) is 39.2. The normalized spacial score (nSPS) is 47.1. The zero-order chi connectivity index (χ0) is 45.4.